The predicted octanol–water partition coefficient (Wildman–Crippen LogP) is 3.09. The molecule has 0 spiro atoms. The lowest BCUT2D eigenvalue weighted by atomic mass is 10.1. The zero-order valence-electron chi connectivity index (χ0n) is 15.9. The van der Waals surface area contributed by atoms with Crippen LogP contribution in [0.4, 0.5) is 0 Å². The molecular formula is C20H34N4. The Balaban J connectivity index is 1.87. The number of benzene rings is 1. The summed E-state index contributed by atoms with van der Waals surface area (Å²) in [6.07, 6.45) is 2.55. The number of aryl methyl sites for hydroxylation is 2. The van der Waals surface area contributed by atoms with Crippen LogP contribution < -0.4 is 10.6 Å². The van der Waals surface area contributed by atoms with E-state index < -0.39 is 0 Å². The van der Waals surface area contributed by atoms with Gasteiger partial charge in [0, 0.05) is 19.6 Å². The van der Waals surface area contributed by atoms with Gasteiger partial charge in [0.2, 0.25) is 0 Å². The lowest BCUT2D eigenvalue weighted by Gasteiger charge is -2.17. The number of nitrogens with one attached hydrogen (secondary N) is 2. The van der Waals surface area contributed by atoms with Crippen molar-refractivity contribution in [2.45, 2.75) is 47.1 Å². The summed E-state index contributed by atoms with van der Waals surface area (Å²) in [5.74, 6) is 1.67. The zero-order chi connectivity index (χ0) is 17.4. The number of rotatable bonds is 7. The van der Waals surface area contributed by atoms with Gasteiger partial charge in [0.1, 0.15) is 0 Å². The molecular weight excluding hydrogens is 296 g/mol. The molecule has 1 fully saturated rings. The lowest BCUT2D eigenvalue weighted by molar-refractivity contribution is 0.324. The van der Waals surface area contributed by atoms with Gasteiger partial charge in [-0.15, -0.1) is 0 Å². The number of nitrogens with zero attached hydrogens (tertiary/aromatic N) is 2. The second-order valence-electron chi connectivity index (χ2n) is 6.96. The molecule has 4 nitrogen and oxygen atoms in total. The van der Waals surface area contributed by atoms with Crippen LogP contribution in [0.15, 0.2) is 23.2 Å². The van der Waals surface area contributed by atoms with E-state index in [4.69, 9.17) is 4.99 Å². The van der Waals surface area contributed by atoms with Crippen molar-refractivity contribution in [1.29, 1.82) is 0 Å². The molecule has 1 aliphatic heterocycles. The molecule has 1 aromatic rings. The Morgan fingerprint density at radius 3 is 2.79 bits per heavy atom. The molecule has 2 rings (SSSR count). The fourth-order valence-electron chi connectivity index (χ4n) is 3.37. The second kappa shape index (κ2) is 9.67. The summed E-state index contributed by atoms with van der Waals surface area (Å²) in [4.78, 5) is 7.35. The third-order valence-electron chi connectivity index (χ3n) is 4.72. The highest BCUT2D eigenvalue weighted by molar-refractivity contribution is 5.79. The highest BCUT2D eigenvalue weighted by Crippen LogP contribution is 2.15. The number of guanidine groups is 1. The van der Waals surface area contributed by atoms with Crippen molar-refractivity contribution in [3.63, 3.8) is 0 Å². The summed E-state index contributed by atoms with van der Waals surface area (Å²) in [5.41, 5.74) is 3.93. The number of likely N-dealkylation sites (tertiary alicyclic amines) is 1. The van der Waals surface area contributed by atoms with Gasteiger partial charge >= 0.3 is 0 Å². The van der Waals surface area contributed by atoms with Gasteiger partial charge in [-0.1, -0.05) is 30.7 Å². The smallest absolute Gasteiger partial charge is 0.191 e. The highest BCUT2D eigenvalue weighted by atomic mass is 15.2. The van der Waals surface area contributed by atoms with Crippen LogP contribution in [-0.2, 0) is 6.54 Å². The number of aliphatic imine (C=N–C) groups is 1. The molecule has 24 heavy (non-hydrogen) atoms. The predicted molar refractivity (Wildman–Crippen MR) is 104 cm³/mol. The van der Waals surface area contributed by atoms with Crippen LogP contribution in [0.25, 0.3) is 0 Å². The number of hydrogen-bond donors (Lipinski definition) is 2. The lowest BCUT2D eigenvalue weighted by Crippen LogP contribution is -2.40. The Kier molecular flexibility index (Phi) is 7.57. The second-order valence-corrected chi connectivity index (χ2v) is 6.96. The van der Waals surface area contributed by atoms with Gasteiger partial charge in [0.15, 0.2) is 5.96 Å². The Labute approximate surface area is 147 Å². The molecule has 4 heteroatoms. The van der Waals surface area contributed by atoms with Crippen LogP contribution in [0.1, 0.15) is 43.4 Å². The molecule has 0 saturated carbocycles. The Morgan fingerprint density at radius 2 is 2.08 bits per heavy atom. The van der Waals surface area contributed by atoms with Crippen LogP contribution in [0.5, 0.6) is 0 Å². The van der Waals surface area contributed by atoms with Crippen LogP contribution in [0.3, 0.4) is 0 Å². The van der Waals surface area contributed by atoms with E-state index in [0.717, 1.165) is 31.5 Å². The fraction of sp³-hybridized carbons (Fsp3) is 0.650. The van der Waals surface area contributed by atoms with Gasteiger partial charge in [-0.2, -0.15) is 0 Å². The molecule has 1 saturated heterocycles. The zero-order valence-corrected chi connectivity index (χ0v) is 15.9. The standard InChI is InChI=1S/C20H34N4/c1-5-10-24-11-9-18(15-24)13-22-20(21-6-2)23-14-19-8-7-16(3)12-17(19)4/h7-8,12,18H,5-6,9-11,13-15H2,1-4H3,(H2,21,22,23). The van der Waals surface area contributed by atoms with Gasteiger partial charge in [-0.05, 0) is 63.7 Å². The van der Waals surface area contributed by atoms with Crippen molar-refractivity contribution in [3.05, 3.63) is 34.9 Å². The van der Waals surface area contributed by atoms with Crippen molar-refractivity contribution in [1.82, 2.24) is 15.5 Å². The summed E-state index contributed by atoms with van der Waals surface area (Å²) < 4.78 is 0. The first kappa shape index (κ1) is 18.8. The quantitative estimate of drug-likeness (QED) is 0.596. The Hall–Kier alpha value is -1.55. The minimum Gasteiger partial charge on any atom is -0.357 e. The van der Waals surface area contributed by atoms with E-state index in [1.54, 1.807) is 0 Å². The first-order valence-corrected chi connectivity index (χ1v) is 9.43. The molecule has 0 aliphatic carbocycles. The fourth-order valence-corrected chi connectivity index (χ4v) is 3.37. The van der Waals surface area contributed by atoms with E-state index in [1.165, 1.54) is 49.2 Å². The molecule has 1 aliphatic rings. The monoisotopic (exact) mass is 330 g/mol. The normalized spacial score (nSPS) is 18.8. The maximum Gasteiger partial charge on any atom is 0.191 e. The van der Waals surface area contributed by atoms with Gasteiger partial charge in [-0.25, -0.2) is 4.99 Å². The minimum atomic E-state index is 0.730. The average Bonchev–Trinajstić information content (AvgIpc) is 2.99. The molecule has 1 heterocycles. The van der Waals surface area contributed by atoms with Crippen LogP contribution in [0, 0.1) is 19.8 Å². The Bertz CT molecular complexity index is 538. The van der Waals surface area contributed by atoms with E-state index in [2.05, 4.69) is 61.4 Å². The van der Waals surface area contributed by atoms with Crippen molar-refractivity contribution >= 4 is 5.96 Å². The molecule has 2 N–H and O–H groups in total. The summed E-state index contributed by atoms with van der Waals surface area (Å²) >= 11 is 0. The van der Waals surface area contributed by atoms with E-state index in [1.807, 2.05) is 0 Å². The van der Waals surface area contributed by atoms with Gasteiger partial charge in [-0.3, -0.25) is 0 Å². The summed E-state index contributed by atoms with van der Waals surface area (Å²) in [6.45, 7) is 15.0. The maximum absolute atomic E-state index is 4.77. The third-order valence-corrected chi connectivity index (χ3v) is 4.72. The first-order valence-electron chi connectivity index (χ1n) is 9.43. The van der Waals surface area contributed by atoms with E-state index in [-0.39, 0.29) is 0 Å². The van der Waals surface area contributed by atoms with Crippen molar-refractivity contribution in [2.75, 3.05) is 32.7 Å². The SMILES string of the molecule is CCCN1CCC(CNC(=NCc2ccc(C)cc2C)NCC)C1. The molecule has 0 radical (unpaired) electrons. The largest absolute Gasteiger partial charge is 0.357 e. The molecule has 0 amide bonds. The van der Waals surface area contributed by atoms with E-state index in [9.17, 15) is 0 Å². The van der Waals surface area contributed by atoms with Crippen LogP contribution >= 0.6 is 0 Å². The summed E-state index contributed by atoms with van der Waals surface area (Å²) in [5, 5.41) is 6.91. The van der Waals surface area contributed by atoms with Gasteiger partial charge in [0.25, 0.3) is 0 Å². The molecule has 134 valence electrons. The van der Waals surface area contributed by atoms with E-state index >= 15 is 0 Å². The highest BCUT2D eigenvalue weighted by Gasteiger charge is 2.21. The van der Waals surface area contributed by atoms with Crippen LogP contribution in [0.2, 0.25) is 0 Å². The average molecular weight is 331 g/mol. The van der Waals surface area contributed by atoms with Crippen molar-refractivity contribution in [3.8, 4) is 0 Å². The molecule has 0 aromatic heterocycles. The van der Waals surface area contributed by atoms with Crippen molar-refractivity contribution < 1.29 is 0 Å². The van der Waals surface area contributed by atoms with Gasteiger partial charge < -0.3 is 15.5 Å². The topological polar surface area (TPSA) is 39.7 Å². The Morgan fingerprint density at radius 1 is 1.25 bits per heavy atom. The summed E-state index contributed by atoms with van der Waals surface area (Å²) in [6, 6.07) is 6.59. The third kappa shape index (κ3) is 5.82. The molecule has 1 aromatic carbocycles. The molecule has 1 atom stereocenters. The summed E-state index contributed by atoms with van der Waals surface area (Å²) in [7, 11) is 0. The molecule has 1 unspecified atom stereocenters. The van der Waals surface area contributed by atoms with E-state index in [0.29, 0.717) is 0 Å². The maximum atomic E-state index is 4.77. The number of hydrogen-bond acceptors (Lipinski definition) is 2. The van der Waals surface area contributed by atoms with Crippen molar-refractivity contribution in [2.24, 2.45) is 10.9 Å². The van der Waals surface area contributed by atoms with Gasteiger partial charge in [0.05, 0.1) is 6.54 Å². The van der Waals surface area contributed by atoms with Crippen LogP contribution in [-0.4, -0.2) is 43.6 Å². The first-order chi connectivity index (χ1) is 11.6. The minimum absolute atomic E-state index is 0.730. The molecule has 0 bridgehead atoms.